The van der Waals surface area contributed by atoms with Gasteiger partial charge in [-0.1, -0.05) is 84.4 Å². The van der Waals surface area contributed by atoms with Crippen LogP contribution in [0.2, 0.25) is 5.02 Å². The first-order valence-corrected chi connectivity index (χ1v) is 16.6. The van der Waals surface area contributed by atoms with Crippen molar-refractivity contribution in [2.45, 2.75) is 29.4 Å². The van der Waals surface area contributed by atoms with Crippen LogP contribution in [0.5, 0.6) is 0 Å². The minimum absolute atomic E-state index is 0.0746. The molecule has 6 aromatic rings. The Bertz CT molecular complexity index is 1800. The average Bonchev–Trinajstić information content (AvgIpc) is 3.36. The van der Waals surface area contributed by atoms with E-state index in [0.29, 0.717) is 23.7 Å². The molecule has 0 unspecified atom stereocenters. The predicted octanol–water partition coefficient (Wildman–Crippen LogP) is 9.20. The van der Waals surface area contributed by atoms with E-state index >= 15 is 0 Å². The molecular formula is C36H31ClFN3OS2. The Morgan fingerprint density at radius 1 is 0.750 bits per heavy atom. The number of halogens is 2. The number of carbonyl (C=O) groups is 1. The van der Waals surface area contributed by atoms with Crippen LogP contribution in [-0.4, -0.2) is 27.7 Å². The minimum Gasteiger partial charge on any atom is -0.331 e. The highest BCUT2D eigenvalue weighted by Crippen LogP contribution is 2.29. The summed E-state index contributed by atoms with van der Waals surface area (Å²) in [6.07, 6.45) is 0. The van der Waals surface area contributed by atoms with Gasteiger partial charge in [0, 0.05) is 67.6 Å². The van der Waals surface area contributed by atoms with E-state index in [1.807, 2.05) is 54.6 Å². The fraction of sp³-hybridized carbons (Fsp3) is 0.139. The summed E-state index contributed by atoms with van der Waals surface area (Å²) in [7, 11) is 0. The molecule has 0 aliphatic carbocycles. The predicted molar refractivity (Wildman–Crippen MR) is 183 cm³/mol. The maximum Gasteiger partial charge on any atom is 0.250 e. The Morgan fingerprint density at radius 3 is 2.09 bits per heavy atom. The Labute approximate surface area is 270 Å². The summed E-state index contributed by atoms with van der Waals surface area (Å²) >= 11 is 9.47. The molecule has 222 valence electrons. The number of hydrogen-bond donors (Lipinski definition) is 1. The molecule has 6 rings (SSSR count). The van der Waals surface area contributed by atoms with Gasteiger partial charge in [0.15, 0.2) is 0 Å². The van der Waals surface area contributed by atoms with Gasteiger partial charge in [0.25, 0.3) is 0 Å². The number of amides is 1. The molecule has 5 aromatic carbocycles. The number of nitrogens with one attached hydrogen (secondary N) is 1. The van der Waals surface area contributed by atoms with Crippen molar-refractivity contribution in [3.05, 3.63) is 143 Å². The second-order valence-electron chi connectivity index (χ2n) is 10.5. The van der Waals surface area contributed by atoms with E-state index in [1.165, 1.54) is 22.9 Å². The van der Waals surface area contributed by atoms with Gasteiger partial charge in [-0.3, -0.25) is 14.4 Å². The highest BCUT2D eigenvalue weighted by atomic mass is 35.5. The SMILES string of the molecule is O=C(Cn1c2ccccc2c2ccccc21)NSc1ccc(CN(CCSc2ccccc2)Cc2c(F)cccc2Cl)cc1. The third-order valence-electron chi connectivity index (χ3n) is 7.46. The molecule has 0 fully saturated rings. The Hall–Kier alpha value is -3.75. The third-order valence-corrected chi connectivity index (χ3v) is 9.64. The van der Waals surface area contributed by atoms with Crippen LogP contribution < -0.4 is 4.72 Å². The number of para-hydroxylation sites is 2. The van der Waals surface area contributed by atoms with Crippen molar-refractivity contribution in [2.75, 3.05) is 12.3 Å². The molecule has 0 atom stereocenters. The summed E-state index contributed by atoms with van der Waals surface area (Å²) in [5.74, 6) is 0.498. The summed E-state index contributed by atoms with van der Waals surface area (Å²) in [6, 6.07) is 39.6. The van der Waals surface area contributed by atoms with Crippen molar-refractivity contribution in [3.63, 3.8) is 0 Å². The number of nitrogens with zero attached hydrogens (tertiary/aromatic N) is 2. The molecule has 1 aromatic heterocycles. The third kappa shape index (κ3) is 7.30. The summed E-state index contributed by atoms with van der Waals surface area (Å²) < 4.78 is 19.7. The summed E-state index contributed by atoms with van der Waals surface area (Å²) in [4.78, 5) is 17.4. The lowest BCUT2D eigenvalue weighted by atomic mass is 10.1. The Kier molecular flexibility index (Phi) is 9.88. The van der Waals surface area contributed by atoms with E-state index in [9.17, 15) is 9.18 Å². The molecule has 1 heterocycles. The molecular weight excluding hydrogens is 609 g/mol. The van der Waals surface area contributed by atoms with Gasteiger partial charge in [-0.15, -0.1) is 11.8 Å². The minimum atomic E-state index is -0.290. The monoisotopic (exact) mass is 639 g/mol. The second kappa shape index (κ2) is 14.4. The maximum atomic E-state index is 14.7. The van der Waals surface area contributed by atoms with Gasteiger partial charge in [0.05, 0.1) is 0 Å². The first-order chi connectivity index (χ1) is 21.5. The van der Waals surface area contributed by atoms with Crippen LogP contribution in [0.15, 0.2) is 131 Å². The molecule has 0 aliphatic rings. The molecule has 0 saturated carbocycles. The standard InChI is InChI=1S/C36H31ClFN3OS2/c37-32-13-8-14-33(38)31(32)24-40(21-22-43-27-9-2-1-3-10-27)23-26-17-19-28(20-18-26)44-39-36(42)25-41-34-15-6-4-11-29(34)30-12-5-7-16-35(30)41/h1-20H,21-25H2,(H,39,42). The zero-order valence-corrected chi connectivity index (χ0v) is 26.3. The van der Waals surface area contributed by atoms with Gasteiger partial charge in [-0.05, 0) is 66.0 Å². The Morgan fingerprint density at radius 2 is 1.41 bits per heavy atom. The van der Waals surface area contributed by atoms with Crippen LogP contribution in [0, 0.1) is 5.82 Å². The zero-order chi connectivity index (χ0) is 30.3. The van der Waals surface area contributed by atoms with Gasteiger partial charge >= 0.3 is 0 Å². The molecule has 0 radical (unpaired) electrons. The van der Waals surface area contributed by atoms with Crippen molar-refractivity contribution in [1.82, 2.24) is 14.2 Å². The number of benzene rings is 5. The highest BCUT2D eigenvalue weighted by molar-refractivity contribution is 7.99. The fourth-order valence-corrected chi connectivity index (χ4v) is 7.04. The van der Waals surface area contributed by atoms with Crippen LogP contribution in [0.1, 0.15) is 11.1 Å². The van der Waals surface area contributed by atoms with Crippen molar-refractivity contribution in [3.8, 4) is 0 Å². The fourth-order valence-electron chi connectivity index (χ4n) is 5.32. The largest absolute Gasteiger partial charge is 0.331 e. The molecule has 4 nitrogen and oxygen atoms in total. The summed E-state index contributed by atoms with van der Waals surface area (Å²) in [5, 5.41) is 2.72. The van der Waals surface area contributed by atoms with Crippen molar-refractivity contribution < 1.29 is 9.18 Å². The average molecular weight is 640 g/mol. The van der Waals surface area contributed by atoms with E-state index < -0.39 is 0 Å². The van der Waals surface area contributed by atoms with Crippen molar-refractivity contribution >= 4 is 63.0 Å². The number of rotatable bonds is 12. The van der Waals surface area contributed by atoms with E-state index in [1.54, 1.807) is 23.9 Å². The molecule has 0 aliphatic heterocycles. The molecule has 8 heteroatoms. The quantitative estimate of drug-likeness (QED) is 0.107. The van der Waals surface area contributed by atoms with Crippen molar-refractivity contribution in [2.24, 2.45) is 0 Å². The molecule has 0 bridgehead atoms. The normalized spacial score (nSPS) is 11.4. The smallest absolute Gasteiger partial charge is 0.250 e. The Balaban J connectivity index is 1.09. The lowest BCUT2D eigenvalue weighted by Crippen LogP contribution is -2.26. The number of aromatic nitrogens is 1. The molecule has 1 N–H and O–H groups in total. The number of fused-ring (bicyclic) bond motifs is 3. The van der Waals surface area contributed by atoms with E-state index in [2.05, 4.69) is 62.7 Å². The van der Waals surface area contributed by atoms with Crippen LogP contribution in [0.3, 0.4) is 0 Å². The number of carbonyl (C=O) groups excluding carboxylic acids is 1. The highest BCUT2D eigenvalue weighted by Gasteiger charge is 2.15. The second-order valence-corrected chi connectivity index (χ2v) is 12.9. The summed E-state index contributed by atoms with van der Waals surface area (Å²) in [6.45, 7) is 2.05. The first kappa shape index (κ1) is 30.3. The molecule has 1 amide bonds. The van der Waals surface area contributed by atoms with Gasteiger partial charge in [0.1, 0.15) is 12.4 Å². The van der Waals surface area contributed by atoms with Crippen LogP contribution in [0.25, 0.3) is 21.8 Å². The van der Waals surface area contributed by atoms with Gasteiger partial charge in [-0.25, -0.2) is 4.39 Å². The van der Waals surface area contributed by atoms with E-state index in [-0.39, 0.29) is 18.3 Å². The van der Waals surface area contributed by atoms with Crippen LogP contribution in [-0.2, 0) is 24.4 Å². The molecule has 44 heavy (non-hydrogen) atoms. The van der Waals surface area contributed by atoms with Crippen LogP contribution >= 0.6 is 35.3 Å². The zero-order valence-electron chi connectivity index (χ0n) is 24.0. The van der Waals surface area contributed by atoms with E-state index in [4.69, 9.17) is 11.6 Å². The molecule has 0 saturated heterocycles. The van der Waals surface area contributed by atoms with Gasteiger partial charge < -0.3 is 4.57 Å². The lowest BCUT2D eigenvalue weighted by molar-refractivity contribution is -0.119. The van der Waals surface area contributed by atoms with Crippen molar-refractivity contribution in [1.29, 1.82) is 0 Å². The maximum absolute atomic E-state index is 14.7. The number of thioether (sulfide) groups is 1. The summed E-state index contributed by atoms with van der Waals surface area (Å²) in [5.41, 5.74) is 3.70. The topological polar surface area (TPSA) is 37.3 Å². The van der Waals surface area contributed by atoms with E-state index in [0.717, 1.165) is 44.6 Å². The number of hydrogen-bond acceptors (Lipinski definition) is 4. The van der Waals surface area contributed by atoms with Crippen LogP contribution in [0.4, 0.5) is 4.39 Å². The van der Waals surface area contributed by atoms with Gasteiger partial charge in [-0.2, -0.15) is 0 Å². The first-order valence-electron chi connectivity index (χ1n) is 14.4. The lowest BCUT2D eigenvalue weighted by Gasteiger charge is -2.23. The van der Waals surface area contributed by atoms with Gasteiger partial charge in [0.2, 0.25) is 5.91 Å². The molecule has 0 spiro atoms.